The molecule has 0 aliphatic heterocycles. The van der Waals surface area contributed by atoms with Crippen molar-refractivity contribution in [3.63, 3.8) is 0 Å². The first-order chi connectivity index (χ1) is 8.78. The molecule has 3 heteroatoms. The topological polar surface area (TPSA) is 30.5 Å². The molecule has 0 aromatic heterocycles. The summed E-state index contributed by atoms with van der Waals surface area (Å²) in [6.45, 7) is 4.82. The predicted molar refractivity (Wildman–Crippen MR) is 74.0 cm³/mol. The Morgan fingerprint density at radius 2 is 2.06 bits per heavy atom. The smallest absolute Gasteiger partial charge is 0.165 e. The molecule has 1 aromatic carbocycles. The highest BCUT2D eigenvalue weighted by molar-refractivity contribution is 5.48. The summed E-state index contributed by atoms with van der Waals surface area (Å²) in [6.07, 6.45) is 0.758. The second-order valence-corrected chi connectivity index (χ2v) is 3.82. The summed E-state index contributed by atoms with van der Waals surface area (Å²) in [4.78, 5) is 0. The van der Waals surface area contributed by atoms with Gasteiger partial charge in [-0.15, -0.1) is 11.8 Å². The van der Waals surface area contributed by atoms with Gasteiger partial charge in [0.1, 0.15) is 0 Å². The molecular formula is C15H21NO2. The Kier molecular flexibility index (Phi) is 6.10. The summed E-state index contributed by atoms with van der Waals surface area (Å²) < 4.78 is 10.8. The maximum atomic E-state index is 5.46. The van der Waals surface area contributed by atoms with E-state index in [1.165, 1.54) is 0 Å². The van der Waals surface area contributed by atoms with Crippen LogP contribution in [0.4, 0.5) is 0 Å². The number of nitrogens with one attached hydrogen (secondary N) is 1. The van der Waals surface area contributed by atoms with Gasteiger partial charge in [0.05, 0.1) is 14.2 Å². The molecule has 3 nitrogen and oxygen atoms in total. The van der Waals surface area contributed by atoms with Gasteiger partial charge in [-0.25, -0.2) is 0 Å². The third-order valence-corrected chi connectivity index (χ3v) is 2.74. The Morgan fingerprint density at radius 1 is 1.28 bits per heavy atom. The first-order valence-electron chi connectivity index (χ1n) is 6.12. The Bertz CT molecular complexity index is 432. The second kappa shape index (κ2) is 7.62. The lowest BCUT2D eigenvalue weighted by atomic mass is 10.0. The molecule has 1 aromatic rings. The third-order valence-electron chi connectivity index (χ3n) is 2.74. The number of ether oxygens (including phenoxy) is 2. The van der Waals surface area contributed by atoms with E-state index in [-0.39, 0.29) is 6.04 Å². The van der Waals surface area contributed by atoms with Gasteiger partial charge in [-0.3, -0.25) is 0 Å². The SMILES string of the molecule is CC#CCC(NCC)c1cccc(OC)c1OC. The number of hydrogen-bond acceptors (Lipinski definition) is 3. The molecule has 0 spiro atoms. The zero-order valence-corrected chi connectivity index (χ0v) is 11.5. The molecule has 0 aliphatic rings. The number of hydrogen-bond donors (Lipinski definition) is 1. The van der Waals surface area contributed by atoms with Crippen molar-refractivity contribution in [2.75, 3.05) is 20.8 Å². The first-order valence-corrected chi connectivity index (χ1v) is 6.12. The molecular weight excluding hydrogens is 226 g/mol. The fourth-order valence-electron chi connectivity index (χ4n) is 1.93. The van der Waals surface area contributed by atoms with Gasteiger partial charge in [0.15, 0.2) is 11.5 Å². The van der Waals surface area contributed by atoms with Crippen molar-refractivity contribution in [2.45, 2.75) is 26.3 Å². The van der Waals surface area contributed by atoms with Crippen LogP contribution in [0.25, 0.3) is 0 Å². The van der Waals surface area contributed by atoms with Crippen LogP contribution >= 0.6 is 0 Å². The van der Waals surface area contributed by atoms with E-state index in [0.29, 0.717) is 0 Å². The molecule has 98 valence electrons. The van der Waals surface area contributed by atoms with Crippen LogP contribution in [0.3, 0.4) is 0 Å². The minimum Gasteiger partial charge on any atom is -0.493 e. The van der Waals surface area contributed by atoms with Crippen LogP contribution in [-0.4, -0.2) is 20.8 Å². The third kappa shape index (κ3) is 3.41. The molecule has 1 rings (SSSR count). The molecule has 1 atom stereocenters. The summed E-state index contributed by atoms with van der Waals surface area (Å²) in [7, 11) is 3.31. The lowest BCUT2D eigenvalue weighted by Crippen LogP contribution is -2.21. The van der Waals surface area contributed by atoms with E-state index in [1.54, 1.807) is 14.2 Å². The molecule has 0 amide bonds. The van der Waals surface area contributed by atoms with Crippen molar-refractivity contribution < 1.29 is 9.47 Å². The molecule has 0 heterocycles. The zero-order chi connectivity index (χ0) is 13.4. The van der Waals surface area contributed by atoms with Crippen LogP contribution in [-0.2, 0) is 0 Å². The van der Waals surface area contributed by atoms with Gasteiger partial charge in [-0.2, -0.15) is 0 Å². The molecule has 0 fully saturated rings. The second-order valence-electron chi connectivity index (χ2n) is 3.82. The molecule has 0 aliphatic carbocycles. The van der Waals surface area contributed by atoms with Gasteiger partial charge in [0.2, 0.25) is 0 Å². The highest BCUT2D eigenvalue weighted by Crippen LogP contribution is 2.35. The van der Waals surface area contributed by atoms with E-state index in [9.17, 15) is 0 Å². The van der Waals surface area contributed by atoms with Crippen molar-refractivity contribution in [1.29, 1.82) is 0 Å². The molecule has 0 bridgehead atoms. The number of methoxy groups -OCH3 is 2. The molecule has 1 unspecified atom stereocenters. The van der Waals surface area contributed by atoms with E-state index in [2.05, 4.69) is 24.1 Å². The van der Waals surface area contributed by atoms with Crippen LogP contribution in [0.15, 0.2) is 18.2 Å². The van der Waals surface area contributed by atoms with Crippen molar-refractivity contribution in [3.8, 4) is 23.3 Å². The van der Waals surface area contributed by atoms with Crippen molar-refractivity contribution in [3.05, 3.63) is 23.8 Å². The number of para-hydroxylation sites is 1. The van der Waals surface area contributed by atoms with Gasteiger partial charge >= 0.3 is 0 Å². The average molecular weight is 247 g/mol. The van der Waals surface area contributed by atoms with Gasteiger partial charge in [-0.1, -0.05) is 19.1 Å². The maximum absolute atomic E-state index is 5.46. The lowest BCUT2D eigenvalue weighted by molar-refractivity contribution is 0.347. The quantitative estimate of drug-likeness (QED) is 0.784. The Morgan fingerprint density at radius 3 is 2.61 bits per heavy atom. The monoisotopic (exact) mass is 247 g/mol. The molecule has 0 saturated carbocycles. The summed E-state index contributed by atoms with van der Waals surface area (Å²) in [5.74, 6) is 7.58. The largest absolute Gasteiger partial charge is 0.493 e. The normalized spacial score (nSPS) is 11.3. The van der Waals surface area contributed by atoms with Gasteiger partial charge in [0.25, 0.3) is 0 Å². The minimum atomic E-state index is 0.160. The van der Waals surface area contributed by atoms with Crippen LogP contribution < -0.4 is 14.8 Å². The maximum Gasteiger partial charge on any atom is 0.165 e. The van der Waals surface area contributed by atoms with E-state index in [0.717, 1.165) is 30.0 Å². The number of rotatable bonds is 6. The number of benzene rings is 1. The van der Waals surface area contributed by atoms with E-state index in [4.69, 9.17) is 9.47 Å². The van der Waals surface area contributed by atoms with Gasteiger partial charge in [-0.05, 0) is 19.5 Å². The van der Waals surface area contributed by atoms with Crippen LogP contribution in [0.1, 0.15) is 31.9 Å². The predicted octanol–water partition coefficient (Wildman–Crippen LogP) is 2.77. The van der Waals surface area contributed by atoms with Crippen LogP contribution in [0.2, 0.25) is 0 Å². The summed E-state index contributed by atoms with van der Waals surface area (Å²) >= 11 is 0. The molecule has 18 heavy (non-hydrogen) atoms. The van der Waals surface area contributed by atoms with Crippen LogP contribution in [0, 0.1) is 11.8 Å². The fraction of sp³-hybridized carbons (Fsp3) is 0.467. The van der Waals surface area contributed by atoms with E-state index in [1.807, 2.05) is 25.1 Å². The first kappa shape index (κ1) is 14.4. The molecule has 0 saturated heterocycles. The van der Waals surface area contributed by atoms with E-state index < -0.39 is 0 Å². The lowest BCUT2D eigenvalue weighted by Gasteiger charge is -2.20. The van der Waals surface area contributed by atoms with E-state index >= 15 is 0 Å². The van der Waals surface area contributed by atoms with Crippen LogP contribution in [0.5, 0.6) is 11.5 Å². The molecule has 1 N–H and O–H groups in total. The van der Waals surface area contributed by atoms with Crippen molar-refractivity contribution >= 4 is 0 Å². The Hall–Kier alpha value is -1.66. The van der Waals surface area contributed by atoms with Crippen molar-refractivity contribution in [2.24, 2.45) is 0 Å². The fourth-order valence-corrected chi connectivity index (χ4v) is 1.93. The Labute approximate surface area is 109 Å². The summed E-state index contributed by atoms with van der Waals surface area (Å²) in [5.41, 5.74) is 1.08. The van der Waals surface area contributed by atoms with Gasteiger partial charge in [0, 0.05) is 18.0 Å². The Balaban J connectivity index is 3.12. The highest BCUT2D eigenvalue weighted by Gasteiger charge is 2.17. The minimum absolute atomic E-state index is 0.160. The zero-order valence-electron chi connectivity index (χ0n) is 11.5. The average Bonchev–Trinajstić information content (AvgIpc) is 2.42. The van der Waals surface area contributed by atoms with Gasteiger partial charge < -0.3 is 14.8 Å². The summed E-state index contributed by atoms with van der Waals surface area (Å²) in [6, 6.07) is 6.08. The summed E-state index contributed by atoms with van der Waals surface area (Å²) in [5, 5.41) is 3.42. The molecule has 0 radical (unpaired) electrons. The van der Waals surface area contributed by atoms with Crippen molar-refractivity contribution in [1.82, 2.24) is 5.32 Å². The standard InChI is InChI=1S/C15H21NO2/c1-5-7-10-13(16-6-2)12-9-8-11-14(17-3)15(12)18-4/h8-9,11,13,16H,6,10H2,1-4H3. The highest BCUT2D eigenvalue weighted by atomic mass is 16.5.